The van der Waals surface area contributed by atoms with Gasteiger partial charge in [0.15, 0.2) is 0 Å². The molecule has 5 nitrogen and oxygen atoms in total. The molecule has 0 spiro atoms. The first kappa shape index (κ1) is 6.78. The van der Waals surface area contributed by atoms with Gasteiger partial charge in [0.25, 0.3) is 5.91 Å². The third-order valence-electron chi connectivity index (χ3n) is 1.58. The van der Waals surface area contributed by atoms with E-state index < -0.39 is 5.91 Å². The Bertz CT molecular complexity index is 434. The van der Waals surface area contributed by atoms with Gasteiger partial charge in [-0.1, -0.05) is 0 Å². The van der Waals surface area contributed by atoms with E-state index in [9.17, 15) is 4.79 Å². The summed E-state index contributed by atoms with van der Waals surface area (Å²) in [5.41, 5.74) is 6.21. The molecule has 1 amide bonds. The molecule has 12 heavy (non-hydrogen) atoms. The van der Waals surface area contributed by atoms with Crippen molar-refractivity contribution in [2.24, 2.45) is 5.73 Å². The summed E-state index contributed by atoms with van der Waals surface area (Å²) in [5, 5.41) is 0. The third kappa shape index (κ3) is 0.833. The average Bonchev–Trinajstić information content (AvgIpc) is 2.49. The summed E-state index contributed by atoms with van der Waals surface area (Å²) in [4.78, 5) is 18.6. The summed E-state index contributed by atoms with van der Waals surface area (Å²) in [6.45, 7) is 0. The quantitative estimate of drug-likeness (QED) is 0.632. The van der Waals surface area contributed by atoms with Crippen LogP contribution in [0, 0.1) is 0 Å². The number of rotatable bonds is 1. The smallest absolute Gasteiger partial charge is 0.267 e. The Balaban J connectivity index is 2.82. The number of aromatic nitrogens is 3. The van der Waals surface area contributed by atoms with Gasteiger partial charge in [0.1, 0.15) is 5.69 Å². The van der Waals surface area contributed by atoms with Crippen LogP contribution in [0.15, 0.2) is 24.9 Å². The molecule has 0 aliphatic heterocycles. The standard InChI is InChI=1S/C7H6N4O/c8-7(12)6-3-9-1-5-2-10-4-11(5)6/h1-4H,(H2,8,12). The number of carbonyl (C=O) groups is 1. The van der Waals surface area contributed by atoms with Gasteiger partial charge in [-0.05, 0) is 0 Å². The summed E-state index contributed by atoms with van der Waals surface area (Å²) in [5.74, 6) is -0.508. The zero-order chi connectivity index (χ0) is 8.55. The average molecular weight is 162 g/mol. The van der Waals surface area contributed by atoms with Crippen LogP contribution in [0.5, 0.6) is 0 Å². The van der Waals surface area contributed by atoms with Crippen molar-refractivity contribution in [2.75, 3.05) is 0 Å². The van der Waals surface area contributed by atoms with Gasteiger partial charge < -0.3 is 5.73 Å². The fraction of sp³-hybridized carbons (Fsp3) is 0. The Hall–Kier alpha value is -1.91. The molecule has 0 aromatic carbocycles. The van der Waals surface area contributed by atoms with E-state index in [0.717, 1.165) is 5.52 Å². The SMILES string of the molecule is NC(=O)c1cncc2cncn12. The highest BCUT2D eigenvalue weighted by Crippen LogP contribution is 2.02. The molecule has 2 rings (SSSR count). The van der Waals surface area contributed by atoms with Crippen LogP contribution >= 0.6 is 0 Å². The Morgan fingerprint density at radius 2 is 2.08 bits per heavy atom. The van der Waals surface area contributed by atoms with E-state index in [1.807, 2.05) is 0 Å². The molecule has 60 valence electrons. The fourth-order valence-electron chi connectivity index (χ4n) is 1.03. The predicted octanol–water partition coefficient (Wildman–Crippen LogP) is -0.172. The van der Waals surface area contributed by atoms with E-state index in [2.05, 4.69) is 9.97 Å². The highest BCUT2D eigenvalue weighted by molar-refractivity contribution is 5.91. The molecule has 0 unspecified atom stereocenters. The maximum atomic E-state index is 10.8. The van der Waals surface area contributed by atoms with Crippen molar-refractivity contribution >= 4 is 11.4 Å². The van der Waals surface area contributed by atoms with E-state index in [0.29, 0.717) is 5.69 Å². The molecule has 0 saturated heterocycles. The molecule has 2 N–H and O–H groups in total. The lowest BCUT2D eigenvalue weighted by molar-refractivity contribution is 0.0994. The highest BCUT2D eigenvalue weighted by Gasteiger charge is 2.05. The van der Waals surface area contributed by atoms with Crippen molar-refractivity contribution in [1.29, 1.82) is 0 Å². The lowest BCUT2D eigenvalue weighted by Crippen LogP contribution is -2.15. The molecular weight excluding hydrogens is 156 g/mol. The second-order valence-electron chi connectivity index (χ2n) is 2.35. The van der Waals surface area contributed by atoms with Crippen LogP contribution in [0.4, 0.5) is 0 Å². The van der Waals surface area contributed by atoms with Gasteiger partial charge in [-0.3, -0.25) is 14.2 Å². The highest BCUT2D eigenvalue weighted by atomic mass is 16.1. The zero-order valence-corrected chi connectivity index (χ0v) is 6.14. The van der Waals surface area contributed by atoms with Gasteiger partial charge in [-0.2, -0.15) is 0 Å². The second kappa shape index (κ2) is 2.30. The number of hydrogen-bond donors (Lipinski definition) is 1. The van der Waals surface area contributed by atoms with E-state index in [4.69, 9.17) is 5.73 Å². The number of carbonyl (C=O) groups excluding carboxylic acids is 1. The summed E-state index contributed by atoms with van der Waals surface area (Å²) in [7, 11) is 0. The number of fused-ring (bicyclic) bond motifs is 1. The van der Waals surface area contributed by atoms with Gasteiger partial charge in [0.2, 0.25) is 0 Å². The lowest BCUT2D eigenvalue weighted by atomic mass is 10.4. The molecule has 0 radical (unpaired) electrons. The van der Waals surface area contributed by atoms with Gasteiger partial charge in [-0.15, -0.1) is 0 Å². The molecule has 0 atom stereocenters. The lowest BCUT2D eigenvalue weighted by Gasteiger charge is -1.98. The maximum absolute atomic E-state index is 10.8. The first-order valence-corrected chi connectivity index (χ1v) is 3.35. The summed E-state index contributed by atoms with van der Waals surface area (Å²) in [6.07, 6.45) is 6.16. The van der Waals surface area contributed by atoms with Crippen molar-refractivity contribution in [1.82, 2.24) is 14.4 Å². The van der Waals surface area contributed by atoms with Crippen molar-refractivity contribution in [3.05, 3.63) is 30.6 Å². The van der Waals surface area contributed by atoms with E-state index in [1.54, 1.807) is 16.8 Å². The summed E-state index contributed by atoms with van der Waals surface area (Å²) < 4.78 is 1.59. The van der Waals surface area contributed by atoms with Gasteiger partial charge in [0, 0.05) is 0 Å². The predicted molar refractivity (Wildman–Crippen MR) is 41.5 cm³/mol. The van der Waals surface area contributed by atoms with Crippen LogP contribution in [0.1, 0.15) is 10.5 Å². The molecular formula is C7H6N4O. The maximum Gasteiger partial charge on any atom is 0.267 e. The van der Waals surface area contributed by atoms with Crippen LogP contribution in [0.25, 0.3) is 5.52 Å². The molecule has 0 saturated carbocycles. The molecule has 0 aliphatic carbocycles. The van der Waals surface area contributed by atoms with Crippen molar-refractivity contribution in [3.63, 3.8) is 0 Å². The molecule has 0 aliphatic rings. The Kier molecular flexibility index (Phi) is 1.30. The Morgan fingerprint density at radius 3 is 2.83 bits per heavy atom. The largest absolute Gasteiger partial charge is 0.364 e. The normalized spacial score (nSPS) is 10.3. The Morgan fingerprint density at radius 1 is 1.33 bits per heavy atom. The number of nitrogens with two attached hydrogens (primary N) is 1. The number of amides is 1. The minimum Gasteiger partial charge on any atom is -0.364 e. The van der Waals surface area contributed by atoms with Crippen molar-refractivity contribution < 1.29 is 4.79 Å². The monoisotopic (exact) mass is 162 g/mol. The van der Waals surface area contributed by atoms with E-state index in [1.165, 1.54) is 12.5 Å². The molecule has 5 heteroatoms. The minimum absolute atomic E-state index is 0.338. The van der Waals surface area contributed by atoms with Gasteiger partial charge in [-0.25, -0.2) is 4.98 Å². The molecule has 0 bridgehead atoms. The first-order chi connectivity index (χ1) is 5.79. The summed E-state index contributed by atoms with van der Waals surface area (Å²) >= 11 is 0. The van der Waals surface area contributed by atoms with Gasteiger partial charge >= 0.3 is 0 Å². The van der Waals surface area contributed by atoms with E-state index in [-0.39, 0.29) is 0 Å². The van der Waals surface area contributed by atoms with Crippen LogP contribution in [0.2, 0.25) is 0 Å². The van der Waals surface area contributed by atoms with Crippen LogP contribution < -0.4 is 5.73 Å². The third-order valence-corrected chi connectivity index (χ3v) is 1.58. The number of primary amides is 1. The van der Waals surface area contributed by atoms with E-state index >= 15 is 0 Å². The minimum atomic E-state index is -0.508. The topological polar surface area (TPSA) is 73.3 Å². The molecule has 2 heterocycles. The Labute approximate surface area is 67.9 Å². The number of hydrogen-bond acceptors (Lipinski definition) is 3. The molecule has 0 fully saturated rings. The zero-order valence-electron chi connectivity index (χ0n) is 6.14. The van der Waals surface area contributed by atoms with Crippen LogP contribution in [-0.2, 0) is 0 Å². The molecule has 2 aromatic rings. The second-order valence-corrected chi connectivity index (χ2v) is 2.35. The van der Waals surface area contributed by atoms with Crippen molar-refractivity contribution in [2.45, 2.75) is 0 Å². The van der Waals surface area contributed by atoms with Crippen LogP contribution in [-0.4, -0.2) is 20.3 Å². The summed E-state index contributed by atoms with van der Waals surface area (Å²) in [6, 6.07) is 0. The molecule has 2 aromatic heterocycles. The van der Waals surface area contributed by atoms with Gasteiger partial charge in [0.05, 0.1) is 30.4 Å². The number of imidazole rings is 1. The fourth-order valence-corrected chi connectivity index (χ4v) is 1.03. The number of nitrogens with zero attached hydrogens (tertiary/aromatic N) is 3. The van der Waals surface area contributed by atoms with Crippen LogP contribution in [0.3, 0.4) is 0 Å². The first-order valence-electron chi connectivity index (χ1n) is 3.35. The van der Waals surface area contributed by atoms with Crippen molar-refractivity contribution in [3.8, 4) is 0 Å².